The minimum Gasteiger partial charge on any atom is -0.434 e. The lowest BCUT2D eigenvalue weighted by molar-refractivity contribution is 0.0772. The SMILES string of the molecule is CCOC(=O)Oc1cn(Cc2ccccc2F)c2sc(-c3ccc(C(=O)N(CC)CC)cc3)c(CN(C)Cc3ccccc3)c2c1=O. The van der Waals surface area contributed by atoms with Crippen LogP contribution in [0.25, 0.3) is 20.7 Å². The summed E-state index contributed by atoms with van der Waals surface area (Å²) in [6, 6.07) is 23.8. The van der Waals surface area contributed by atoms with Crippen molar-refractivity contribution in [3.63, 3.8) is 0 Å². The van der Waals surface area contributed by atoms with E-state index in [9.17, 15) is 18.8 Å². The largest absolute Gasteiger partial charge is 0.514 e. The molecule has 8 nitrogen and oxygen atoms in total. The maximum absolute atomic E-state index is 14.9. The molecule has 0 aliphatic rings. The summed E-state index contributed by atoms with van der Waals surface area (Å²) in [4.78, 5) is 44.9. The minimum atomic E-state index is -0.993. The second-order valence-corrected chi connectivity index (χ2v) is 12.1. The number of carbonyl (C=O) groups excluding carboxylic acids is 2. The summed E-state index contributed by atoms with van der Waals surface area (Å²) in [7, 11) is 1.98. The molecule has 0 aliphatic carbocycles. The van der Waals surface area contributed by atoms with Gasteiger partial charge >= 0.3 is 6.16 Å². The minimum absolute atomic E-state index is 0.0500. The molecule has 0 spiro atoms. The molecule has 0 radical (unpaired) electrons. The normalized spacial score (nSPS) is 11.2. The van der Waals surface area contributed by atoms with E-state index in [4.69, 9.17) is 9.47 Å². The molecule has 244 valence electrons. The van der Waals surface area contributed by atoms with Crippen LogP contribution in [-0.4, -0.2) is 53.2 Å². The highest BCUT2D eigenvalue weighted by Gasteiger charge is 2.25. The summed E-state index contributed by atoms with van der Waals surface area (Å²) >= 11 is 1.41. The molecule has 0 saturated heterocycles. The maximum atomic E-state index is 14.9. The first kappa shape index (κ1) is 33.6. The van der Waals surface area contributed by atoms with Gasteiger partial charge in [0.05, 0.1) is 24.7 Å². The molecule has 0 unspecified atom stereocenters. The third-order valence-electron chi connectivity index (χ3n) is 7.90. The van der Waals surface area contributed by atoms with Crippen molar-refractivity contribution in [2.75, 3.05) is 26.7 Å². The zero-order valence-corrected chi connectivity index (χ0v) is 27.8. The summed E-state index contributed by atoms with van der Waals surface area (Å²) in [5.74, 6) is -0.643. The quantitative estimate of drug-likeness (QED) is 0.129. The van der Waals surface area contributed by atoms with E-state index in [1.165, 1.54) is 23.6 Å². The van der Waals surface area contributed by atoms with Crippen molar-refractivity contribution in [2.24, 2.45) is 0 Å². The average Bonchev–Trinajstić information content (AvgIpc) is 3.44. The Morgan fingerprint density at radius 3 is 2.23 bits per heavy atom. The number of fused-ring (bicyclic) bond motifs is 1. The summed E-state index contributed by atoms with van der Waals surface area (Å²) in [6.07, 6.45) is 0.450. The van der Waals surface area contributed by atoms with Crippen LogP contribution in [0.2, 0.25) is 0 Å². The molecule has 5 rings (SSSR count). The second-order valence-electron chi connectivity index (χ2n) is 11.1. The number of rotatable bonds is 12. The van der Waals surface area contributed by atoms with Crippen LogP contribution in [-0.2, 0) is 24.4 Å². The van der Waals surface area contributed by atoms with E-state index >= 15 is 0 Å². The van der Waals surface area contributed by atoms with Crippen molar-refractivity contribution in [2.45, 2.75) is 40.4 Å². The number of aromatic nitrogens is 1. The molecule has 5 aromatic rings. The van der Waals surface area contributed by atoms with Crippen LogP contribution in [0.3, 0.4) is 0 Å². The van der Waals surface area contributed by atoms with Gasteiger partial charge in [0, 0.05) is 42.2 Å². The second kappa shape index (κ2) is 15.2. The van der Waals surface area contributed by atoms with Crippen LogP contribution in [0.1, 0.15) is 47.8 Å². The predicted octanol–water partition coefficient (Wildman–Crippen LogP) is 7.57. The van der Waals surface area contributed by atoms with Gasteiger partial charge in [-0.2, -0.15) is 0 Å². The van der Waals surface area contributed by atoms with Gasteiger partial charge in [-0.05, 0) is 62.7 Å². The monoisotopic (exact) mass is 655 g/mol. The van der Waals surface area contributed by atoms with Crippen LogP contribution in [0, 0.1) is 5.82 Å². The van der Waals surface area contributed by atoms with E-state index in [0.29, 0.717) is 47.5 Å². The van der Waals surface area contributed by atoms with E-state index in [2.05, 4.69) is 4.90 Å². The van der Waals surface area contributed by atoms with Crippen LogP contribution in [0.15, 0.2) is 89.9 Å². The van der Waals surface area contributed by atoms with E-state index in [1.54, 1.807) is 46.7 Å². The van der Waals surface area contributed by atoms with Gasteiger partial charge in [-0.1, -0.05) is 60.7 Å². The number of pyridine rings is 1. The molecule has 0 atom stereocenters. The molecule has 0 saturated carbocycles. The van der Waals surface area contributed by atoms with Gasteiger partial charge in [-0.3, -0.25) is 14.5 Å². The Morgan fingerprint density at radius 2 is 1.57 bits per heavy atom. The van der Waals surface area contributed by atoms with Crippen molar-refractivity contribution >= 4 is 33.6 Å². The molecule has 10 heteroatoms. The van der Waals surface area contributed by atoms with Crippen molar-refractivity contribution in [1.29, 1.82) is 0 Å². The highest BCUT2D eigenvalue weighted by atomic mass is 32.1. The van der Waals surface area contributed by atoms with Crippen LogP contribution in [0.4, 0.5) is 9.18 Å². The number of hydrogen-bond donors (Lipinski definition) is 0. The fraction of sp³-hybridized carbons (Fsp3) is 0.270. The van der Waals surface area contributed by atoms with Gasteiger partial charge in [0.15, 0.2) is 5.75 Å². The van der Waals surface area contributed by atoms with E-state index in [1.807, 2.05) is 63.4 Å². The highest BCUT2D eigenvalue weighted by Crippen LogP contribution is 2.39. The Kier molecular flexibility index (Phi) is 10.8. The standard InChI is InChI=1S/C37H38FN3O5S/c1-5-40(6-2)35(43)27-19-17-26(18-20-27)34-29(23-39(4)21-25-13-9-8-10-14-25)32-33(42)31(46-37(44)45-7-3)24-41(36(32)47-34)22-28-15-11-12-16-30(28)38/h8-20,24H,5-7,21-23H2,1-4H3. The summed E-state index contributed by atoms with van der Waals surface area (Å²) in [6.45, 7) is 7.94. The Hall–Kier alpha value is -4.80. The third kappa shape index (κ3) is 7.61. The molecule has 0 fully saturated rings. The number of amides is 1. The first-order valence-corrected chi connectivity index (χ1v) is 16.4. The van der Waals surface area contributed by atoms with Crippen LogP contribution >= 0.6 is 11.3 Å². The van der Waals surface area contributed by atoms with Crippen LogP contribution in [0.5, 0.6) is 5.75 Å². The Labute approximate surface area is 277 Å². The lowest BCUT2D eigenvalue weighted by Gasteiger charge is -2.19. The number of hydrogen-bond acceptors (Lipinski definition) is 7. The summed E-state index contributed by atoms with van der Waals surface area (Å²) < 4.78 is 27.0. The molecule has 2 heterocycles. The Bertz CT molecular complexity index is 1920. The molecule has 3 aromatic carbocycles. The van der Waals surface area contributed by atoms with Gasteiger partial charge in [-0.15, -0.1) is 11.3 Å². The lowest BCUT2D eigenvalue weighted by Crippen LogP contribution is -2.30. The van der Waals surface area contributed by atoms with E-state index < -0.39 is 11.6 Å². The molecule has 0 N–H and O–H groups in total. The molecule has 47 heavy (non-hydrogen) atoms. The van der Waals surface area contributed by atoms with Gasteiger partial charge < -0.3 is 18.9 Å². The number of halogens is 1. The summed E-state index contributed by atoms with van der Waals surface area (Å²) in [5.41, 5.74) is 3.21. The van der Waals surface area contributed by atoms with Gasteiger partial charge in [0.25, 0.3) is 5.91 Å². The van der Waals surface area contributed by atoms with Crippen molar-refractivity contribution < 1.29 is 23.5 Å². The average molecular weight is 656 g/mol. The topological polar surface area (TPSA) is 81.1 Å². The fourth-order valence-electron chi connectivity index (χ4n) is 5.57. The van der Waals surface area contributed by atoms with E-state index in [0.717, 1.165) is 21.6 Å². The van der Waals surface area contributed by atoms with Crippen LogP contribution < -0.4 is 10.2 Å². The van der Waals surface area contributed by atoms with Crippen molar-refractivity contribution in [1.82, 2.24) is 14.4 Å². The highest BCUT2D eigenvalue weighted by molar-refractivity contribution is 7.22. The molecule has 0 aliphatic heterocycles. The first-order valence-electron chi connectivity index (χ1n) is 15.6. The molecule has 1 amide bonds. The zero-order chi connectivity index (χ0) is 33.5. The Morgan fingerprint density at radius 1 is 0.894 bits per heavy atom. The van der Waals surface area contributed by atoms with Gasteiger partial charge in [-0.25, -0.2) is 9.18 Å². The molecule has 2 aromatic heterocycles. The van der Waals surface area contributed by atoms with E-state index in [-0.39, 0.29) is 30.6 Å². The van der Waals surface area contributed by atoms with Gasteiger partial charge in [0.2, 0.25) is 5.43 Å². The molecular weight excluding hydrogens is 617 g/mol. The number of ether oxygens (including phenoxy) is 2. The third-order valence-corrected chi connectivity index (χ3v) is 9.21. The fourth-order valence-corrected chi connectivity index (χ4v) is 6.86. The smallest absolute Gasteiger partial charge is 0.434 e. The number of carbonyl (C=O) groups is 2. The Balaban J connectivity index is 1.69. The maximum Gasteiger partial charge on any atom is 0.514 e. The number of nitrogens with zero attached hydrogens (tertiary/aromatic N) is 3. The lowest BCUT2D eigenvalue weighted by atomic mass is 10.0. The summed E-state index contributed by atoms with van der Waals surface area (Å²) in [5, 5.41) is 0.381. The van der Waals surface area contributed by atoms with Crippen molar-refractivity contribution in [3.8, 4) is 16.2 Å². The number of thiophene rings is 1. The first-order chi connectivity index (χ1) is 22.7. The number of benzene rings is 3. The van der Waals surface area contributed by atoms with Crippen molar-refractivity contribution in [3.05, 3.63) is 123 Å². The predicted molar refractivity (Wildman–Crippen MR) is 184 cm³/mol. The zero-order valence-electron chi connectivity index (χ0n) is 27.0. The molecular formula is C37H38FN3O5S. The van der Waals surface area contributed by atoms with Gasteiger partial charge in [0.1, 0.15) is 10.6 Å². The molecule has 0 bridgehead atoms.